The molecular formula is C78H53BN6SSe. The molecule has 0 atom stereocenters. The number of nitriles is 2. The molecule has 14 aromatic rings. The van der Waals surface area contributed by atoms with Gasteiger partial charge in [0, 0.05) is 0 Å². The van der Waals surface area contributed by atoms with Gasteiger partial charge in [-0.2, -0.15) is 5.26 Å². The third kappa shape index (κ3) is 8.58. The average molecular weight is 1200 g/mol. The molecule has 9 heteroatoms. The quantitative estimate of drug-likeness (QED) is 0.135. The summed E-state index contributed by atoms with van der Waals surface area (Å²) < 4.78 is 7.60. The Balaban J connectivity index is 1.06. The number of anilines is 9. The summed E-state index contributed by atoms with van der Waals surface area (Å²) >= 11 is 1.70. The number of hydrogen-bond acceptors (Lipinski definition) is 6. The molecule has 0 N–H and O–H groups in total. The fourth-order valence-corrected chi connectivity index (χ4v) is 17.3. The van der Waals surface area contributed by atoms with Gasteiger partial charge in [0.05, 0.1) is 6.07 Å². The SMILES string of the molecule is CC(C)(C)c1ccc(N2c3cc(-n4c5ccccc5c5ccccc54)cc4c3B(c3ccc(N(c5ccccc5)c5ccc(C#N)cc5)cc3[Se]4)c3c2cc(N(c2ccccc2)c2ccc(C#N)cc2)c2c3sc3ccccc32)c(-c2ccccc2)c1. The van der Waals surface area contributed by atoms with Crippen LogP contribution in [0.1, 0.15) is 37.5 Å². The zero-order valence-electron chi connectivity index (χ0n) is 48.0. The van der Waals surface area contributed by atoms with Crippen LogP contribution < -0.4 is 40.0 Å². The van der Waals surface area contributed by atoms with Gasteiger partial charge in [0.2, 0.25) is 0 Å². The van der Waals surface area contributed by atoms with E-state index in [0.717, 1.165) is 79.0 Å². The predicted molar refractivity (Wildman–Crippen MR) is 367 cm³/mol. The summed E-state index contributed by atoms with van der Waals surface area (Å²) in [4.78, 5) is 7.38. The molecule has 0 aliphatic carbocycles. The fourth-order valence-electron chi connectivity index (χ4n) is 13.4. The first kappa shape index (κ1) is 52.2. The van der Waals surface area contributed by atoms with Gasteiger partial charge >= 0.3 is 509 Å². The van der Waals surface area contributed by atoms with Gasteiger partial charge < -0.3 is 0 Å². The number of benzene rings is 12. The molecule has 6 nitrogen and oxygen atoms in total. The van der Waals surface area contributed by atoms with Crippen LogP contribution in [-0.2, 0) is 5.41 Å². The van der Waals surface area contributed by atoms with Crippen molar-refractivity contribution >= 4 is 151 Å². The number of nitrogens with zero attached hydrogens (tertiary/aromatic N) is 6. The normalized spacial score (nSPS) is 12.4. The van der Waals surface area contributed by atoms with E-state index >= 15 is 0 Å². The summed E-state index contributed by atoms with van der Waals surface area (Å²) in [6.45, 7) is 6.75. The first-order valence-electron chi connectivity index (χ1n) is 29.4. The van der Waals surface area contributed by atoms with Gasteiger partial charge in [-0.15, -0.1) is 0 Å². The van der Waals surface area contributed by atoms with E-state index in [-0.39, 0.29) is 27.1 Å². The van der Waals surface area contributed by atoms with Crippen LogP contribution in [0.5, 0.6) is 0 Å². The molecule has 0 fully saturated rings. The Hall–Kier alpha value is -10.4. The van der Waals surface area contributed by atoms with Gasteiger partial charge in [0.1, 0.15) is 0 Å². The molecule has 16 rings (SSSR count). The van der Waals surface area contributed by atoms with Crippen LogP contribution in [0.15, 0.2) is 267 Å². The van der Waals surface area contributed by atoms with Crippen LogP contribution in [0.2, 0.25) is 0 Å². The van der Waals surface area contributed by atoms with Crippen molar-refractivity contribution < 1.29 is 0 Å². The van der Waals surface area contributed by atoms with E-state index in [9.17, 15) is 10.5 Å². The van der Waals surface area contributed by atoms with Crippen molar-refractivity contribution in [1.29, 1.82) is 10.5 Å². The summed E-state index contributed by atoms with van der Waals surface area (Å²) in [6, 6.07) is 102. The van der Waals surface area contributed by atoms with Gasteiger partial charge in [0.15, 0.2) is 0 Å². The summed E-state index contributed by atoms with van der Waals surface area (Å²) in [5, 5.41) is 24.9. The zero-order valence-corrected chi connectivity index (χ0v) is 50.5. The van der Waals surface area contributed by atoms with Crippen molar-refractivity contribution in [2.24, 2.45) is 0 Å². The Morgan fingerprint density at radius 2 is 1.00 bits per heavy atom. The number of aromatic nitrogens is 1. The molecule has 2 aliphatic rings. The molecule has 2 aromatic heterocycles. The van der Waals surface area contributed by atoms with Crippen molar-refractivity contribution in [3.63, 3.8) is 0 Å². The van der Waals surface area contributed by atoms with Crippen LogP contribution in [0, 0.1) is 22.7 Å². The van der Waals surface area contributed by atoms with Crippen molar-refractivity contribution in [1.82, 2.24) is 4.57 Å². The molecule has 0 saturated carbocycles. The van der Waals surface area contributed by atoms with E-state index in [1.54, 1.807) is 0 Å². The van der Waals surface area contributed by atoms with E-state index in [4.69, 9.17) is 0 Å². The van der Waals surface area contributed by atoms with Crippen LogP contribution >= 0.6 is 11.3 Å². The summed E-state index contributed by atoms with van der Waals surface area (Å²) in [6.07, 6.45) is 0. The van der Waals surface area contributed by atoms with Crippen molar-refractivity contribution in [2.45, 2.75) is 26.2 Å². The van der Waals surface area contributed by atoms with Crippen LogP contribution in [0.25, 0.3) is 58.8 Å². The van der Waals surface area contributed by atoms with E-state index < -0.39 is 0 Å². The molecule has 2 aliphatic heterocycles. The minimum atomic E-state index is -0.186. The number of para-hydroxylation sites is 4. The minimum absolute atomic E-state index is 0.127. The number of hydrogen-bond donors (Lipinski definition) is 0. The fraction of sp³-hybridized carbons (Fsp3) is 0.0513. The molecule has 0 amide bonds. The topological polar surface area (TPSA) is 62.2 Å². The molecule has 0 saturated heterocycles. The maximum absolute atomic E-state index is 10.2. The molecule has 12 aromatic carbocycles. The van der Waals surface area contributed by atoms with Crippen molar-refractivity contribution in [3.05, 3.63) is 284 Å². The molecular weight excluding hydrogens is 1140 g/mol. The molecule has 0 radical (unpaired) electrons. The molecule has 87 heavy (non-hydrogen) atoms. The number of rotatable bonds is 9. The van der Waals surface area contributed by atoms with Crippen molar-refractivity contribution in [2.75, 3.05) is 14.7 Å². The average Bonchev–Trinajstić information content (AvgIpc) is 1.68. The second-order valence-electron chi connectivity index (χ2n) is 23.5. The monoisotopic (exact) mass is 1200 g/mol. The van der Waals surface area contributed by atoms with E-state index in [1.807, 2.05) is 35.6 Å². The molecule has 4 heterocycles. The Morgan fingerprint density at radius 1 is 0.460 bits per heavy atom. The first-order chi connectivity index (χ1) is 42.7. The predicted octanol–water partition coefficient (Wildman–Crippen LogP) is 17.1. The summed E-state index contributed by atoms with van der Waals surface area (Å²) in [5.41, 5.74) is 21.5. The number of thiophene rings is 1. The van der Waals surface area contributed by atoms with Crippen molar-refractivity contribution in [3.8, 4) is 29.0 Å². The van der Waals surface area contributed by atoms with Crippen LogP contribution in [0.3, 0.4) is 0 Å². The van der Waals surface area contributed by atoms with E-state index in [0.29, 0.717) is 11.1 Å². The second-order valence-corrected chi connectivity index (χ2v) is 26.8. The number of fused-ring (bicyclic) bond motifs is 11. The van der Waals surface area contributed by atoms with Gasteiger partial charge in [0.25, 0.3) is 0 Å². The molecule has 0 unspecified atom stereocenters. The van der Waals surface area contributed by atoms with Gasteiger partial charge in [-0.3, -0.25) is 0 Å². The molecule has 0 bridgehead atoms. The van der Waals surface area contributed by atoms with E-state index in [1.165, 1.54) is 61.8 Å². The summed E-state index contributed by atoms with van der Waals surface area (Å²) in [7, 11) is 0. The zero-order chi connectivity index (χ0) is 58.5. The Kier molecular flexibility index (Phi) is 12.4. The van der Waals surface area contributed by atoms with Gasteiger partial charge in [-0.25, -0.2) is 0 Å². The third-order valence-corrected chi connectivity index (χ3v) is 21.0. The first-order valence-corrected chi connectivity index (χ1v) is 31.9. The van der Waals surface area contributed by atoms with Crippen LogP contribution in [-0.4, -0.2) is 26.2 Å². The van der Waals surface area contributed by atoms with Crippen LogP contribution in [0.4, 0.5) is 51.2 Å². The standard InChI is InChI=1S/C78H53BN6SSe/c1-78(2,3)53-35-42-67(63(43-53)52-19-7-4-8-20-52)85-69-44-59(84-65-28-16-13-25-60(65)61-26-14-17-29-66(61)84)46-73-75(69)79(64-41-40-58(45-72(64)87-73)82(54-21-9-5-10-22-54)56-36-31-50(48-80)32-37-56)76-70(85)47-68(74-62-27-15-18-30-71(62)86-77(74)76)83(55-23-11-6-12-24-55)57-38-33-51(49-81)34-39-57/h4-47H,1-3H3. The van der Waals surface area contributed by atoms with Gasteiger partial charge in [-0.05, 0) is 0 Å². The Labute approximate surface area is 516 Å². The maximum atomic E-state index is 10.2. The van der Waals surface area contributed by atoms with Gasteiger partial charge in [-0.1, -0.05) is 0 Å². The Morgan fingerprint density at radius 3 is 1.63 bits per heavy atom. The molecule has 410 valence electrons. The molecule has 0 spiro atoms. The van der Waals surface area contributed by atoms with E-state index in [2.05, 4.69) is 295 Å². The Bertz CT molecular complexity index is 5100. The second kappa shape index (κ2) is 20.7. The summed E-state index contributed by atoms with van der Waals surface area (Å²) in [5.74, 6) is 0. The third-order valence-electron chi connectivity index (χ3n) is 17.4.